The largest absolute Gasteiger partial charge is 0.479 e. The van der Waals surface area contributed by atoms with Gasteiger partial charge in [-0.1, -0.05) is 0 Å². The van der Waals surface area contributed by atoms with Crippen LogP contribution in [0.15, 0.2) is 24.7 Å². The topological polar surface area (TPSA) is 118 Å². The van der Waals surface area contributed by atoms with Crippen LogP contribution in [-0.4, -0.2) is 75.7 Å². The number of aromatic amines is 1. The number of hydrogen-bond acceptors (Lipinski definition) is 7. The highest BCUT2D eigenvalue weighted by Gasteiger charge is 2.30. The van der Waals surface area contributed by atoms with E-state index < -0.39 is 22.8 Å². The standard InChI is InChI=1S/C17H20F3N7O3S/c1-31(28,29)26-5-2-12(3-6-26)23-16-24-15-14(30-10-17(18,19)20)13(4-7-27(15)25-16)11-8-21-22-9-11/h4,7-9,12H,2-3,5-6,10H2,1H3,(H,21,22)(H,23,25). The van der Waals surface area contributed by atoms with Crippen LogP contribution in [0.1, 0.15) is 12.8 Å². The molecule has 3 aromatic heterocycles. The number of nitrogens with zero attached hydrogens (tertiary/aromatic N) is 5. The van der Waals surface area contributed by atoms with E-state index >= 15 is 0 Å². The van der Waals surface area contributed by atoms with E-state index in [2.05, 4.69) is 25.6 Å². The first kappa shape index (κ1) is 21.4. The van der Waals surface area contributed by atoms with Crippen LogP contribution in [0.2, 0.25) is 0 Å². The molecule has 1 aliphatic heterocycles. The number of piperidine rings is 1. The third-order valence-corrected chi connectivity index (χ3v) is 6.21. The van der Waals surface area contributed by atoms with Crippen molar-refractivity contribution in [3.63, 3.8) is 0 Å². The number of rotatable bonds is 6. The zero-order valence-electron chi connectivity index (χ0n) is 16.4. The number of nitrogens with one attached hydrogen (secondary N) is 2. The van der Waals surface area contributed by atoms with Crippen LogP contribution in [0.25, 0.3) is 16.8 Å². The number of pyridine rings is 1. The lowest BCUT2D eigenvalue weighted by atomic mass is 10.1. The number of aromatic nitrogens is 5. The van der Waals surface area contributed by atoms with Crippen molar-refractivity contribution in [1.29, 1.82) is 0 Å². The summed E-state index contributed by atoms with van der Waals surface area (Å²) >= 11 is 0. The molecule has 0 aliphatic carbocycles. The molecule has 168 valence electrons. The molecular formula is C17H20F3N7O3S. The summed E-state index contributed by atoms with van der Waals surface area (Å²) in [5.41, 5.74) is 1.07. The second kappa shape index (κ2) is 8.00. The van der Waals surface area contributed by atoms with Gasteiger partial charge in [0, 0.05) is 42.7 Å². The first-order valence-corrected chi connectivity index (χ1v) is 11.2. The molecule has 1 aliphatic rings. The van der Waals surface area contributed by atoms with Gasteiger partial charge in [0.15, 0.2) is 18.0 Å². The van der Waals surface area contributed by atoms with E-state index in [1.54, 1.807) is 12.3 Å². The van der Waals surface area contributed by atoms with Crippen molar-refractivity contribution in [3.8, 4) is 16.9 Å². The average Bonchev–Trinajstić information content (AvgIpc) is 3.34. The number of alkyl halides is 3. The predicted molar refractivity (Wildman–Crippen MR) is 105 cm³/mol. The molecule has 1 saturated heterocycles. The summed E-state index contributed by atoms with van der Waals surface area (Å²) in [7, 11) is -3.24. The molecule has 4 rings (SSSR count). The van der Waals surface area contributed by atoms with Crippen molar-refractivity contribution in [1.82, 2.24) is 29.1 Å². The van der Waals surface area contributed by atoms with Crippen LogP contribution in [0.4, 0.5) is 19.1 Å². The van der Waals surface area contributed by atoms with Gasteiger partial charge >= 0.3 is 6.18 Å². The van der Waals surface area contributed by atoms with Gasteiger partial charge in [-0.05, 0) is 18.9 Å². The Morgan fingerprint density at radius 3 is 2.68 bits per heavy atom. The number of hydrogen-bond donors (Lipinski definition) is 2. The van der Waals surface area contributed by atoms with Crippen molar-refractivity contribution < 1.29 is 26.3 Å². The molecule has 0 bridgehead atoms. The van der Waals surface area contributed by atoms with Gasteiger partial charge in [0.2, 0.25) is 16.0 Å². The number of fused-ring (bicyclic) bond motifs is 1. The second-order valence-electron chi connectivity index (χ2n) is 7.23. The van der Waals surface area contributed by atoms with Crippen LogP contribution in [0, 0.1) is 0 Å². The quantitative estimate of drug-likeness (QED) is 0.578. The molecule has 1 fully saturated rings. The molecule has 14 heteroatoms. The highest BCUT2D eigenvalue weighted by atomic mass is 32.2. The molecule has 3 aromatic rings. The first-order valence-electron chi connectivity index (χ1n) is 9.40. The fraction of sp³-hybridized carbons (Fsp3) is 0.471. The molecule has 0 spiro atoms. The van der Waals surface area contributed by atoms with Gasteiger partial charge in [-0.3, -0.25) is 5.10 Å². The molecule has 0 unspecified atom stereocenters. The van der Waals surface area contributed by atoms with Crippen LogP contribution in [-0.2, 0) is 10.0 Å². The zero-order chi connectivity index (χ0) is 22.2. The number of ether oxygens (including phenoxy) is 1. The highest BCUT2D eigenvalue weighted by Crippen LogP contribution is 2.34. The second-order valence-corrected chi connectivity index (χ2v) is 9.22. The van der Waals surface area contributed by atoms with Crippen LogP contribution < -0.4 is 10.1 Å². The Labute approximate surface area is 175 Å². The Bertz CT molecular complexity index is 1150. The Balaban J connectivity index is 1.59. The van der Waals surface area contributed by atoms with Gasteiger partial charge < -0.3 is 10.1 Å². The normalized spacial score (nSPS) is 16.6. The van der Waals surface area contributed by atoms with Crippen molar-refractivity contribution >= 4 is 21.6 Å². The van der Waals surface area contributed by atoms with E-state index in [9.17, 15) is 21.6 Å². The monoisotopic (exact) mass is 459 g/mol. The molecule has 10 nitrogen and oxygen atoms in total. The van der Waals surface area contributed by atoms with Gasteiger partial charge in [-0.15, -0.1) is 5.10 Å². The molecule has 0 atom stereocenters. The molecule has 0 radical (unpaired) electrons. The van der Waals surface area contributed by atoms with Gasteiger partial charge in [0.25, 0.3) is 0 Å². The summed E-state index contributed by atoms with van der Waals surface area (Å²) in [5.74, 6) is 0.160. The minimum absolute atomic E-state index is 0.0614. The fourth-order valence-corrected chi connectivity index (χ4v) is 4.29. The number of H-pyrrole nitrogens is 1. The summed E-state index contributed by atoms with van der Waals surface area (Å²) in [6, 6.07) is 1.51. The summed E-state index contributed by atoms with van der Waals surface area (Å²) in [6.07, 6.45) is 2.34. The molecule has 0 amide bonds. The average molecular weight is 459 g/mol. The first-order chi connectivity index (χ1) is 14.6. The van der Waals surface area contributed by atoms with Crippen LogP contribution in [0.5, 0.6) is 5.75 Å². The minimum Gasteiger partial charge on any atom is -0.479 e. The van der Waals surface area contributed by atoms with E-state index in [4.69, 9.17) is 4.74 Å². The lowest BCUT2D eigenvalue weighted by Crippen LogP contribution is -2.41. The molecule has 31 heavy (non-hydrogen) atoms. The van der Waals surface area contributed by atoms with Crippen molar-refractivity contribution in [2.45, 2.75) is 25.1 Å². The summed E-state index contributed by atoms with van der Waals surface area (Å²) < 4.78 is 69.5. The number of halogens is 3. The Kier molecular flexibility index (Phi) is 5.51. The molecule has 0 saturated carbocycles. The lowest BCUT2D eigenvalue weighted by Gasteiger charge is -2.30. The maximum atomic E-state index is 12.8. The van der Waals surface area contributed by atoms with Crippen LogP contribution in [0.3, 0.4) is 0 Å². The Hall–Kier alpha value is -2.87. The van der Waals surface area contributed by atoms with Crippen molar-refractivity contribution in [3.05, 3.63) is 24.7 Å². The molecule has 4 heterocycles. The molecule has 2 N–H and O–H groups in total. The van der Waals surface area contributed by atoms with E-state index in [0.29, 0.717) is 37.1 Å². The summed E-state index contributed by atoms with van der Waals surface area (Å²) in [6.45, 7) is -0.736. The molecular weight excluding hydrogens is 439 g/mol. The van der Waals surface area contributed by atoms with Gasteiger partial charge in [-0.25, -0.2) is 17.2 Å². The van der Waals surface area contributed by atoms with Crippen molar-refractivity contribution in [2.75, 3.05) is 31.3 Å². The van der Waals surface area contributed by atoms with E-state index in [1.807, 2.05) is 0 Å². The zero-order valence-corrected chi connectivity index (χ0v) is 17.2. The third kappa shape index (κ3) is 4.90. The fourth-order valence-electron chi connectivity index (χ4n) is 3.42. The van der Waals surface area contributed by atoms with E-state index in [1.165, 1.54) is 27.5 Å². The van der Waals surface area contributed by atoms with E-state index in [0.717, 1.165) is 0 Å². The van der Waals surface area contributed by atoms with Gasteiger partial charge in [-0.2, -0.15) is 23.3 Å². The smallest absolute Gasteiger partial charge is 0.422 e. The summed E-state index contributed by atoms with van der Waals surface area (Å²) in [5, 5.41) is 13.9. The Morgan fingerprint density at radius 2 is 2.06 bits per heavy atom. The van der Waals surface area contributed by atoms with E-state index in [-0.39, 0.29) is 23.4 Å². The maximum Gasteiger partial charge on any atom is 0.422 e. The predicted octanol–water partition coefficient (Wildman–Crippen LogP) is 1.90. The molecule has 0 aromatic carbocycles. The Morgan fingerprint density at radius 1 is 1.32 bits per heavy atom. The minimum atomic E-state index is -4.52. The maximum absolute atomic E-state index is 12.8. The van der Waals surface area contributed by atoms with Gasteiger partial charge in [0.05, 0.1) is 12.5 Å². The summed E-state index contributed by atoms with van der Waals surface area (Å²) in [4.78, 5) is 4.33. The van der Waals surface area contributed by atoms with Gasteiger partial charge in [0.1, 0.15) is 0 Å². The van der Waals surface area contributed by atoms with Crippen molar-refractivity contribution in [2.24, 2.45) is 0 Å². The number of sulfonamides is 1. The SMILES string of the molecule is CS(=O)(=O)N1CCC(Nc2nc3c(OCC(F)(F)F)c(-c4cn[nH]c4)ccn3n2)CC1. The lowest BCUT2D eigenvalue weighted by molar-refractivity contribution is -0.153. The highest BCUT2D eigenvalue weighted by molar-refractivity contribution is 7.88. The third-order valence-electron chi connectivity index (χ3n) is 4.91. The van der Waals surface area contributed by atoms with Crippen LogP contribution >= 0.6 is 0 Å². The number of anilines is 1.